The fourth-order valence-corrected chi connectivity index (χ4v) is 3.48. The highest BCUT2D eigenvalue weighted by molar-refractivity contribution is 6.30. The summed E-state index contributed by atoms with van der Waals surface area (Å²) in [5, 5.41) is 3.21. The van der Waals surface area contributed by atoms with Crippen LogP contribution in [0.1, 0.15) is 38.3 Å². The maximum Gasteiger partial charge on any atom is 0.408 e. The summed E-state index contributed by atoms with van der Waals surface area (Å²) < 4.78 is 11.1. The van der Waals surface area contributed by atoms with Gasteiger partial charge in [-0.1, -0.05) is 41.9 Å². The molecule has 3 rings (SSSR count). The minimum Gasteiger partial charge on any atom is -0.489 e. The third kappa shape index (κ3) is 6.39. The minimum atomic E-state index is -0.609. The van der Waals surface area contributed by atoms with Crippen LogP contribution in [0.4, 0.5) is 4.79 Å². The van der Waals surface area contributed by atoms with Gasteiger partial charge >= 0.3 is 6.09 Å². The van der Waals surface area contributed by atoms with Crippen molar-refractivity contribution in [1.29, 1.82) is 0 Å². The molecule has 2 aromatic rings. The molecule has 6 nitrogen and oxygen atoms in total. The van der Waals surface area contributed by atoms with Gasteiger partial charge < -0.3 is 19.7 Å². The van der Waals surface area contributed by atoms with Gasteiger partial charge in [0.25, 0.3) is 0 Å². The normalized spacial score (nSPS) is 16.5. The predicted molar refractivity (Wildman–Crippen MR) is 115 cm³/mol. The molecule has 1 aliphatic heterocycles. The summed E-state index contributed by atoms with van der Waals surface area (Å²) in [6, 6.07) is 14.7. The standard InChI is InChI=1S/C23H27ClN2O4/c1-23(2,3)30-22(28)25-20-9-10-26(21(20)27)14-17-11-18(24)13-19(12-17)29-15-16-7-5-4-6-8-16/h4-8,11-13,20H,9-10,14-15H2,1-3H3,(H,25,28)/t20-/m1/s1. The molecule has 1 fully saturated rings. The average Bonchev–Trinajstić information content (AvgIpc) is 2.99. The molecule has 0 saturated carbocycles. The second kappa shape index (κ2) is 9.39. The highest BCUT2D eigenvalue weighted by Crippen LogP contribution is 2.24. The van der Waals surface area contributed by atoms with Crippen LogP contribution in [-0.4, -0.2) is 35.1 Å². The first-order valence-corrected chi connectivity index (χ1v) is 10.3. The lowest BCUT2D eigenvalue weighted by molar-refractivity contribution is -0.129. The van der Waals surface area contributed by atoms with E-state index in [2.05, 4.69) is 5.32 Å². The van der Waals surface area contributed by atoms with Gasteiger partial charge in [-0.15, -0.1) is 0 Å². The van der Waals surface area contributed by atoms with Gasteiger partial charge in [0.15, 0.2) is 0 Å². The zero-order valence-electron chi connectivity index (χ0n) is 17.5. The van der Waals surface area contributed by atoms with E-state index in [0.29, 0.717) is 36.9 Å². The number of ether oxygens (including phenoxy) is 2. The number of carbonyl (C=O) groups excluding carboxylic acids is 2. The Morgan fingerprint density at radius 2 is 1.90 bits per heavy atom. The van der Waals surface area contributed by atoms with E-state index in [1.165, 1.54) is 0 Å². The summed E-state index contributed by atoms with van der Waals surface area (Å²) in [6.07, 6.45) is -0.0437. The monoisotopic (exact) mass is 430 g/mol. The van der Waals surface area contributed by atoms with Crippen molar-refractivity contribution in [3.05, 3.63) is 64.7 Å². The van der Waals surface area contributed by atoms with Gasteiger partial charge in [0, 0.05) is 18.1 Å². The second-order valence-corrected chi connectivity index (χ2v) is 8.75. The van der Waals surface area contributed by atoms with E-state index < -0.39 is 17.7 Å². The molecule has 7 heteroatoms. The largest absolute Gasteiger partial charge is 0.489 e. The van der Waals surface area contributed by atoms with Gasteiger partial charge in [0.05, 0.1) is 0 Å². The summed E-state index contributed by atoms with van der Waals surface area (Å²) in [4.78, 5) is 26.4. The van der Waals surface area contributed by atoms with Crippen molar-refractivity contribution >= 4 is 23.6 Å². The van der Waals surface area contributed by atoms with Gasteiger partial charge in [-0.2, -0.15) is 0 Å². The zero-order chi connectivity index (χ0) is 21.7. The van der Waals surface area contributed by atoms with Gasteiger partial charge in [-0.25, -0.2) is 4.79 Å². The van der Waals surface area contributed by atoms with Crippen molar-refractivity contribution < 1.29 is 19.1 Å². The van der Waals surface area contributed by atoms with Crippen molar-refractivity contribution in [1.82, 2.24) is 10.2 Å². The third-order valence-corrected chi connectivity index (χ3v) is 4.76. The van der Waals surface area contributed by atoms with Crippen molar-refractivity contribution in [3.63, 3.8) is 0 Å². The van der Waals surface area contributed by atoms with Gasteiger partial charge in [-0.3, -0.25) is 4.79 Å². The number of alkyl carbamates (subject to hydrolysis) is 1. The molecule has 1 aliphatic rings. The summed E-state index contributed by atoms with van der Waals surface area (Å²) >= 11 is 6.26. The second-order valence-electron chi connectivity index (χ2n) is 8.32. The molecule has 0 radical (unpaired) electrons. The Bertz CT molecular complexity index is 896. The van der Waals surface area contributed by atoms with E-state index in [9.17, 15) is 9.59 Å². The molecular weight excluding hydrogens is 404 g/mol. The Labute approximate surface area is 182 Å². The number of nitrogens with zero attached hydrogens (tertiary/aromatic N) is 1. The Kier molecular flexibility index (Phi) is 6.87. The van der Waals surface area contributed by atoms with Gasteiger partial charge in [0.2, 0.25) is 5.91 Å². The molecule has 0 aromatic heterocycles. The maximum absolute atomic E-state index is 12.7. The first-order chi connectivity index (χ1) is 14.2. The summed E-state index contributed by atoms with van der Waals surface area (Å²) in [6.45, 7) is 6.73. The van der Waals surface area contributed by atoms with Crippen LogP contribution in [0.2, 0.25) is 5.02 Å². The van der Waals surface area contributed by atoms with E-state index in [-0.39, 0.29) is 5.91 Å². The summed E-state index contributed by atoms with van der Waals surface area (Å²) in [5.74, 6) is 0.518. The van der Waals surface area contributed by atoms with Crippen LogP contribution in [-0.2, 0) is 22.7 Å². The number of hydrogen-bond acceptors (Lipinski definition) is 4. The van der Waals surface area contributed by atoms with Crippen LogP contribution in [0.3, 0.4) is 0 Å². The van der Waals surface area contributed by atoms with Crippen LogP contribution < -0.4 is 10.1 Å². The number of benzene rings is 2. The maximum atomic E-state index is 12.7. The number of carbonyl (C=O) groups is 2. The number of amides is 2. The molecular formula is C23H27ClN2O4. The smallest absolute Gasteiger partial charge is 0.408 e. The molecule has 0 aliphatic carbocycles. The van der Waals surface area contributed by atoms with Gasteiger partial charge in [0.1, 0.15) is 24.0 Å². The topological polar surface area (TPSA) is 67.9 Å². The van der Waals surface area contributed by atoms with Crippen molar-refractivity contribution in [2.24, 2.45) is 0 Å². The molecule has 1 N–H and O–H groups in total. The average molecular weight is 431 g/mol. The molecule has 2 aromatic carbocycles. The van der Waals surface area contributed by atoms with Crippen molar-refractivity contribution in [3.8, 4) is 5.75 Å². The van der Waals surface area contributed by atoms with Crippen LogP contribution in [0.15, 0.2) is 48.5 Å². The fourth-order valence-electron chi connectivity index (χ4n) is 3.24. The Morgan fingerprint density at radius 3 is 2.60 bits per heavy atom. The van der Waals surface area contributed by atoms with Gasteiger partial charge in [-0.05, 0) is 56.5 Å². The highest BCUT2D eigenvalue weighted by atomic mass is 35.5. The molecule has 0 unspecified atom stereocenters. The van der Waals surface area contributed by atoms with Crippen LogP contribution >= 0.6 is 11.6 Å². The molecule has 0 bridgehead atoms. The quantitative estimate of drug-likeness (QED) is 0.730. The minimum absolute atomic E-state index is 0.132. The Hall–Kier alpha value is -2.73. The molecule has 1 saturated heterocycles. The van der Waals surface area contributed by atoms with E-state index >= 15 is 0 Å². The first-order valence-electron chi connectivity index (χ1n) is 9.94. The number of halogens is 1. The molecule has 2 amide bonds. The molecule has 160 valence electrons. The number of nitrogens with one attached hydrogen (secondary N) is 1. The van der Waals surface area contributed by atoms with Crippen LogP contribution in [0.5, 0.6) is 5.75 Å². The molecule has 1 heterocycles. The molecule has 1 atom stereocenters. The molecule has 30 heavy (non-hydrogen) atoms. The lowest BCUT2D eigenvalue weighted by Gasteiger charge is -2.22. The number of rotatable bonds is 6. The van der Waals surface area contributed by atoms with E-state index in [1.807, 2.05) is 42.5 Å². The summed E-state index contributed by atoms with van der Waals surface area (Å²) in [5.41, 5.74) is 1.32. The third-order valence-electron chi connectivity index (χ3n) is 4.54. The van der Waals surface area contributed by atoms with E-state index in [4.69, 9.17) is 21.1 Å². The zero-order valence-corrected chi connectivity index (χ0v) is 18.2. The molecule has 0 spiro atoms. The van der Waals surface area contributed by atoms with Crippen LogP contribution in [0, 0.1) is 0 Å². The fraction of sp³-hybridized carbons (Fsp3) is 0.391. The number of hydrogen-bond donors (Lipinski definition) is 1. The lowest BCUT2D eigenvalue weighted by atomic mass is 10.2. The highest BCUT2D eigenvalue weighted by Gasteiger charge is 2.33. The Morgan fingerprint density at radius 1 is 1.17 bits per heavy atom. The van der Waals surface area contributed by atoms with E-state index in [0.717, 1.165) is 11.1 Å². The predicted octanol–water partition coefficient (Wildman–Crippen LogP) is 4.54. The first kappa shape index (κ1) is 22.0. The number of likely N-dealkylation sites (tertiary alicyclic amines) is 1. The van der Waals surface area contributed by atoms with E-state index in [1.54, 1.807) is 31.7 Å². The SMILES string of the molecule is CC(C)(C)OC(=O)N[C@@H]1CCN(Cc2cc(Cl)cc(OCc3ccccc3)c2)C1=O. The van der Waals surface area contributed by atoms with Crippen molar-refractivity contribution in [2.75, 3.05) is 6.54 Å². The van der Waals surface area contributed by atoms with Crippen molar-refractivity contribution in [2.45, 2.75) is 52.0 Å². The summed E-state index contributed by atoms with van der Waals surface area (Å²) in [7, 11) is 0. The Balaban J connectivity index is 1.59. The lowest BCUT2D eigenvalue weighted by Crippen LogP contribution is -2.43. The van der Waals surface area contributed by atoms with Crippen LogP contribution in [0.25, 0.3) is 0 Å².